The van der Waals surface area contributed by atoms with Gasteiger partial charge >= 0.3 is 5.97 Å². The van der Waals surface area contributed by atoms with Crippen molar-refractivity contribution < 1.29 is 9.63 Å². The zero-order valence-corrected chi connectivity index (χ0v) is 9.81. The SMILES string of the molecule is CSCCC(N)(N)C(=O)ONCCCN. The zero-order valence-electron chi connectivity index (χ0n) is 8.99. The lowest BCUT2D eigenvalue weighted by atomic mass is 10.1. The molecule has 0 aliphatic heterocycles. The van der Waals surface area contributed by atoms with Gasteiger partial charge in [0.15, 0.2) is 5.66 Å². The van der Waals surface area contributed by atoms with Gasteiger partial charge in [0.2, 0.25) is 0 Å². The summed E-state index contributed by atoms with van der Waals surface area (Å²) in [4.78, 5) is 16.1. The van der Waals surface area contributed by atoms with Crippen LogP contribution in [-0.2, 0) is 9.63 Å². The smallest absolute Gasteiger partial charge is 0.359 e. The molecular formula is C8H20N4O2S. The zero-order chi connectivity index (χ0) is 11.7. The quantitative estimate of drug-likeness (QED) is 0.236. The first-order valence-electron chi connectivity index (χ1n) is 4.75. The minimum absolute atomic E-state index is 0.381. The molecule has 7 N–H and O–H groups in total. The van der Waals surface area contributed by atoms with Crippen molar-refractivity contribution in [2.45, 2.75) is 18.5 Å². The Kier molecular flexibility index (Phi) is 7.71. The van der Waals surface area contributed by atoms with E-state index in [4.69, 9.17) is 22.0 Å². The van der Waals surface area contributed by atoms with Crippen LogP contribution >= 0.6 is 11.8 Å². The molecule has 0 saturated carbocycles. The fraction of sp³-hybridized carbons (Fsp3) is 0.875. The fourth-order valence-corrected chi connectivity index (χ4v) is 1.30. The molecule has 0 aromatic rings. The maximum atomic E-state index is 11.4. The molecule has 0 fully saturated rings. The first-order chi connectivity index (χ1) is 7.04. The van der Waals surface area contributed by atoms with Gasteiger partial charge in [-0.15, -0.1) is 0 Å². The van der Waals surface area contributed by atoms with Crippen LogP contribution in [0.15, 0.2) is 0 Å². The Bertz CT molecular complexity index is 189. The predicted octanol–water partition coefficient (Wildman–Crippen LogP) is -1.25. The van der Waals surface area contributed by atoms with E-state index in [2.05, 4.69) is 5.48 Å². The lowest BCUT2D eigenvalue weighted by Crippen LogP contribution is -2.58. The molecule has 0 saturated heterocycles. The average Bonchev–Trinajstić information content (AvgIpc) is 2.21. The highest BCUT2D eigenvalue weighted by Gasteiger charge is 2.30. The van der Waals surface area contributed by atoms with Gasteiger partial charge in [-0.1, -0.05) is 0 Å². The third-order valence-electron chi connectivity index (χ3n) is 1.75. The van der Waals surface area contributed by atoms with Gasteiger partial charge in [0.25, 0.3) is 0 Å². The summed E-state index contributed by atoms with van der Waals surface area (Å²) in [5, 5.41) is 0. The summed E-state index contributed by atoms with van der Waals surface area (Å²) in [6, 6.07) is 0. The van der Waals surface area contributed by atoms with Gasteiger partial charge in [-0.05, 0) is 31.4 Å². The van der Waals surface area contributed by atoms with Gasteiger partial charge in [0, 0.05) is 6.54 Å². The van der Waals surface area contributed by atoms with Crippen LogP contribution in [0.4, 0.5) is 0 Å². The molecule has 0 spiro atoms. The van der Waals surface area contributed by atoms with Crippen LogP contribution in [0.25, 0.3) is 0 Å². The molecule has 0 aliphatic carbocycles. The third-order valence-corrected chi connectivity index (χ3v) is 2.36. The number of hydrogen-bond acceptors (Lipinski definition) is 7. The Morgan fingerprint density at radius 1 is 1.53 bits per heavy atom. The van der Waals surface area contributed by atoms with Crippen LogP contribution < -0.4 is 22.7 Å². The Hall–Kier alpha value is -0.340. The van der Waals surface area contributed by atoms with Crippen molar-refractivity contribution in [3.05, 3.63) is 0 Å². The standard InChI is InChI=1S/C8H20N4O2S/c1-15-6-3-8(10,11)7(13)14-12-5-2-4-9/h12H,2-6,9-11H2,1H3. The highest BCUT2D eigenvalue weighted by Crippen LogP contribution is 2.05. The summed E-state index contributed by atoms with van der Waals surface area (Å²) < 4.78 is 0. The van der Waals surface area contributed by atoms with E-state index in [0.717, 1.165) is 6.42 Å². The lowest BCUT2D eigenvalue weighted by molar-refractivity contribution is -0.157. The van der Waals surface area contributed by atoms with Crippen LogP contribution in [0.3, 0.4) is 0 Å². The number of hydrogen-bond donors (Lipinski definition) is 4. The maximum Gasteiger partial charge on any atom is 0.359 e. The molecule has 0 atom stereocenters. The summed E-state index contributed by atoms with van der Waals surface area (Å²) in [7, 11) is 0. The second-order valence-electron chi connectivity index (χ2n) is 3.21. The minimum Gasteiger partial charge on any atom is -0.368 e. The first kappa shape index (κ1) is 14.7. The van der Waals surface area contributed by atoms with E-state index in [1.54, 1.807) is 11.8 Å². The number of thioether (sulfide) groups is 1. The van der Waals surface area contributed by atoms with E-state index < -0.39 is 11.6 Å². The number of nitrogens with two attached hydrogens (primary N) is 3. The Labute approximate surface area is 94.2 Å². The monoisotopic (exact) mass is 236 g/mol. The number of nitrogens with one attached hydrogen (secondary N) is 1. The van der Waals surface area contributed by atoms with Crippen molar-refractivity contribution in [1.29, 1.82) is 0 Å². The number of rotatable bonds is 8. The molecule has 0 unspecified atom stereocenters. The Morgan fingerprint density at radius 2 is 2.20 bits per heavy atom. The molecule has 0 aliphatic rings. The van der Waals surface area contributed by atoms with E-state index in [0.29, 0.717) is 25.3 Å². The van der Waals surface area contributed by atoms with Gasteiger partial charge < -0.3 is 22.0 Å². The molecular weight excluding hydrogens is 216 g/mol. The summed E-state index contributed by atoms with van der Waals surface area (Å²) >= 11 is 1.57. The molecule has 0 rings (SSSR count). The fourth-order valence-electron chi connectivity index (χ4n) is 0.759. The van der Waals surface area contributed by atoms with Crippen molar-refractivity contribution in [2.75, 3.05) is 25.1 Å². The number of carbonyl (C=O) groups is 1. The molecule has 15 heavy (non-hydrogen) atoms. The first-order valence-corrected chi connectivity index (χ1v) is 6.15. The molecule has 0 heterocycles. The maximum absolute atomic E-state index is 11.4. The topological polar surface area (TPSA) is 116 Å². The van der Waals surface area contributed by atoms with Gasteiger partial charge in [0.05, 0.1) is 0 Å². The Balaban J connectivity index is 3.75. The van der Waals surface area contributed by atoms with Crippen molar-refractivity contribution in [2.24, 2.45) is 17.2 Å². The molecule has 7 heteroatoms. The van der Waals surface area contributed by atoms with Crippen molar-refractivity contribution >= 4 is 17.7 Å². The second kappa shape index (κ2) is 7.89. The molecule has 0 radical (unpaired) electrons. The molecule has 0 amide bonds. The summed E-state index contributed by atoms with van der Waals surface area (Å²) in [6.07, 6.45) is 3.02. The molecule has 0 bridgehead atoms. The van der Waals surface area contributed by atoms with Crippen LogP contribution in [0.2, 0.25) is 0 Å². The highest BCUT2D eigenvalue weighted by molar-refractivity contribution is 7.98. The van der Waals surface area contributed by atoms with Crippen LogP contribution in [0, 0.1) is 0 Å². The minimum atomic E-state index is -1.42. The van der Waals surface area contributed by atoms with E-state index in [9.17, 15) is 4.79 Å². The third kappa shape index (κ3) is 6.69. The summed E-state index contributed by atoms with van der Waals surface area (Å²) in [5.41, 5.74) is 17.5. The molecule has 6 nitrogen and oxygen atoms in total. The second-order valence-corrected chi connectivity index (χ2v) is 4.19. The number of carbonyl (C=O) groups excluding carboxylic acids is 1. The van der Waals surface area contributed by atoms with Gasteiger partial charge in [-0.2, -0.15) is 17.2 Å². The Morgan fingerprint density at radius 3 is 2.73 bits per heavy atom. The normalized spacial score (nSPS) is 11.5. The van der Waals surface area contributed by atoms with Crippen LogP contribution in [-0.4, -0.2) is 36.7 Å². The van der Waals surface area contributed by atoms with Crippen molar-refractivity contribution in [1.82, 2.24) is 5.48 Å². The van der Waals surface area contributed by atoms with E-state index in [1.807, 2.05) is 6.26 Å². The van der Waals surface area contributed by atoms with Crippen LogP contribution in [0.1, 0.15) is 12.8 Å². The summed E-state index contributed by atoms with van der Waals surface area (Å²) in [5.74, 6) is 0.0684. The van der Waals surface area contributed by atoms with Gasteiger partial charge in [0.1, 0.15) is 0 Å². The van der Waals surface area contributed by atoms with Gasteiger partial charge in [-0.25, -0.2) is 4.79 Å². The molecule has 90 valence electrons. The lowest BCUT2D eigenvalue weighted by Gasteiger charge is -2.21. The molecule has 0 aromatic carbocycles. The molecule has 0 aromatic heterocycles. The van der Waals surface area contributed by atoms with Gasteiger partial charge in [-0.3, -0.25) is 0 Å². The average molecular weight is 236 g/mol. The highest BCUT2D eigenvalue weighted by atomic mass is 32.2. The predicted molar refractivity (Wildman–Crippen MR) is 61.9 cm³/mol. The largest absolute Gasteiger partial charge is 0.368 e. The van der Waals surface area contributed by atoms with Crippen molar-refractivity contribution in [3.63, 3.8) is 0 Å². The number of hydroxylamine groups is 1. The van der Waals surface area contributed by atoms with Crippen LogP contribution in [0.5, 0.6) is 0 Å². The van der Waals surface area contributed by atoms with E-state index >= 15 is 0 Å². The van der Waals surface area contributed by atoms with E-state index in [1.165, 1.54) is 0 Å². The summed E-state index contributed by atoms with van der Waals surface area (Å²) in [6.45, 7) is 1.04. The van der Waals surface area contributed by atoms with E-state index in [-0.39, 0.29) is 0 Å². The van der Waals surface area contributed by atoms with Crippen molar-refractivity contribution in [3.8, 4) is 0 Å².